The first-order chi connectivity index (χ1) is 9.53. The molecule has 2 rings (SSSR count). The number of methoxy groups -OCH3 is 1. The molecule has 0 radical (unpaired) electrons. The third kappa shape index (κ3) is 3.37. The number of benzene rings is 1. The number of ether oxygens (including phenoxy) is 1. The summed E-state index contributed by atoms with van der Waals surface area (Å²) in [7, 11) is -1.54. The smallest absolute Gasteiger partial charge is 0.120 e. The van der Waals surface area contributed by atoms with Gasteiger partial charge in [-0.3, -0.25) is 4.98 Å². The molecule has 0 amide bonds. The molecule has 1 atom stereocenters. The number of rotatable bonds is 4. The molecule has 0 bridgehead atoms. The van der Waals surface area contributed by atoms with Crippen LogP contribution in [0.3, 0.4) is 0 Å². The van der Waals surface area contributed by atoms with Gasteiger partial charge < -0.3 is 4.74 Å². The van der Waals surface area contributed by atoms with Crippen LogP contribution >= 0.6 is 11.6 Å². The predicted octanol–water partition coefficient (Wildman–Crippen LogP) is 3.82. The van der Waals surface area contributed by atoms with E-state index < -0.39 is 9.73 Å². The second-order valence-electron chi connectivity index (χ2n) is 3.95. The maximum absolute atomic E-state index is 12.4. The van der Waals surface area contributed by atoms with Crippen LogP contribution in [0, 0.1) is 4.78 Å². The van der Waals surface area contributed by atoms with Crippen molar-refractivity contribution in [3.05, 3.63) is 58.7 Å². The van der Waals surface area contributed by atoms with Gasteiger partial charge in [0.2, 0.25) is 0 Å². The fraction of sp³-hybridized carbons (Fsp3) is 0.0714. The van der Waals surface area contributed by atoms with E-state index in [1.165, 1.54) is 18.6 Å². The van der Waals surface area contributed by atoms with Crippen LogP contribution < -0.4 is 4.74 Å². The second kappa shape index (κ2) is 6.07. The normalized spacial score (nSPS) is 14.1. The van der Waals surface area contributed by atoms with Gasteiger partial charge in [0.05, 0.1) is 32.5 Å². The van der Waals surface area contributed by atoms with Gasteiger partial charge >= 0.3 is 0 Å². The molecular weight excluding hydrogens is 296 g/mol. The maximum atomic E-state index is 12.4. The average Bonchev–Trinajstić information content (AvgIpc) is 2.46. The highest BCUT2D eigenvalue weighted by molar-refractivity contribution is 7.95. The highest BCUT2D eigenvalue weighted by Crippen LogP contribution is 2.21. The average molecular weight is 309 g/mol. The maximum Gasteiger partial charge on any atom is 0.120 e. The molecule has 0 saturated carbocycles. The topological polar surface area (TPSA) is 63.0 Å². The first kappa shape index (κ1) is 14.6. The van der Waals surface area contributed by atoms with Crippen LogP contribution in [-0.4, -0.2) is 16.3 Å². The van der Waals surface area contributed by atoms with Gasteiger partial charge in [-0.25, -0.2) is 8.99 Å². The van der Waals surface area contributed by atoms with Crippen LogP contribution in [0.2, 0.25) is 5.02 Å². The van der Waals surface area contributed by atoms with Crippen LogP contribution in [0.25, 0.3) is 6.08 Å². The van der Waals surface area contributed by atoms with Crippen molar-refractivity contribution in [1.29, 1.82) is 4.78 Å². The molecule has 1 aromatic heterocycles. The Morgan fingerprint density at radius 3 is 2.85 bits per heavy atom. The number of aromatic nitrogens is 1. The van der Waals surface area contributed by atoms with Gasteiger partial charge in [-0.2, -0.15) is 0 Å². The van der Waals surface area contributed by atoms with Crippen molar-refractivity contribution in [3.8, 4) is 5.75 Å². The molecule has 0 saturated heterocycles. The number of halogens is 1. The lowest BCUT2D eigenvalue weighted by molar-refractivity contribution is 0.413. The fourth-order valence-corrected chi connectivity index (χ4v) is 2.78. The molecule has 6 heteroatoms. The van der Waals surface area contributed by atoms with Crippen molar-refractivity contribution >= 4 is 27.4 Å². The molecule has 0 aliphatic rings. The van der Waals surface area contributed by atoms with E-state index in [-0.39, 0.29) is 0 Å². The van der Waals surface area contributed by atoms with E-state index in [2.05, 4.69) is 4.98 Å². The molecule has 1 N–H and O–H groups in total. The van der Waals surface area contributed by atoms with Gasteiger partial charge in [0, 0.05) is 11.6 Å². The number of hydrogen-bond donors (Lipinski definition) is 1. The van der Waals surface area contributed by atoms with Gasteiger partial charge in [-0.15, -0.1) is 0 Å². The molecule has 2 aromatic rings. The van der Waals surface area contributed by atoms with E-state index >= 15 is 0 Å². The lowest BCUT2D eigenvalue weighted by Crippen LogP contribution is -1.95. The van der Waals surface area contributed by atoms with E-state index in [1.54, 1.807) is 42.6 Å². The van der Waals surface area contributed by atoms with Crippen molar-refractivity contribution in [3.63, 3.8) is 0 Å². The molecule has 1 aromatic carbocycles. The Labute approximate surface area is 123 Å². The minimum absolute atomic E-state index is 0.375. The van der Waals surface area contributed by atoms with Crippen LogP contribution in [-0.2, 0) is 9.73 Å². The summed E-state index contributed by atoms with van der Waals surface area (Å²) in [6.45, 7) is 0. The van der Waals surface area contributed by atoms with Crippen molar-refractivity contribution in [1.82, 2.24) is 4.98 Å². The summed E-state index contributed by atoms with van der Waals surface area (Å²) >= 11 is 5.96. The molecule has 1 unspecified atom stereocenters. The number of pyridine rings is 1. The van der Waals surface area contributed by atoms with Crippen molar-refractivity contribution in [2.45, 2.75) is 4.90 Å². The minimum atomic E-state index is -3.07. The Hall–Kier alpha value is -1.85. The summed E-state index contributed by atoms with van der Waals surface area (Å²) in [4.78, 5) is 4.43. The summed E-state index contributed by atoms with van der Waals surface area (Å²) < 4.78 is 25.4. The molecule has 0 fully saturated rings. The van der Waals surface area contributed by atoms with Crippen LogP contribution in [0.15, 0.2) is 52.9 Å². The van der Waals surface area contributed by atoms with Gasteiger partial charge in [-0.05, 0) is 36.4 Å². The third-order valence-corrected chi connectivity index (χ3v) is 4.39. The SMILES string of the molecule is COc1cccc(S(=N)(=O)/C=C/c2ncccc2Cl)c1. The lowest BCUT2D eigenvalue weighted by Gasteiger charge is -2.05. The van der Waals surface area contributed by atoms with E-state index in [0.717, 1.165) is 0 Å². The largest absolute Gasteiger partial charge is 0.497 e. The van der Waals surface area contributed by atoms with Crippen molar-refractivity contribution < 1.29 is 8.95 Å². The lowest BCUT2D eigenvalue weighted by atomic mass is 10.3. The predicted molar refractivity (Wildman–Crippen MR) is 80.4 cm³/mol. The molecule has 0 spiro atoms. The van der Waals surface area contributed by atoms with Gasteiger partial charge in [0.15, 0.2) is 0 Å². The van der Waals surface area contributed by atoms with Gasteiger partial charge in [0.25, 0.3) is 0 Å². The molecule has 20 heavy (non-hydrogen) atoms. The van der Waals surface area contributed by atoms with Crippen LogP contribution in [0.5, 0.6) is 5.75 Å². The van der Waals surface area contributed by atoms with Gasteiger partial charge in [-0.1, -0.05) is 17.7 Å². The number of nitrogens with zero attached hydrogens (tertiary/aromatic N) is 1. The molecule has 1 heterocycles. The Morgan fingerprint density at radius 2 is 2.15 bits per heavy atom. The Morgan fingerprint density at radius 1 is 1.35 bits per heavy atom. The zero-order valence-corrected chi connectivity index (χ0v) is 12.3. The first-order valence-corrected chi connectivity index (χ1v) is 7.74. The third-order valence-electron chi connectivity index (χ3n) is 2.60. The zero-order chi connectivity index (χ0) is 14.6. The fourth-order valence-electron chi connectivity index (χ4n) is 1.55. The highest BCUT2D eigenvalue weighted by atomic mass is 35.5. The van der Waals surface area contributed by atoms with Crippen LogP contribution in [0.4, 0.5) is 0 Å². The van der Waals surface area contributed by atoms with E-state index in [9.17, 15) is 4.21 Å². The summed E-state index contributed by atoms with van der Waals surface area (Å²) in [5, 5.41) is 1.75. The van der Waals surface area contributed by atoms with Crippen molar-refractivity contribution in [2.24, 2.45) is 0 Å². The Bertz CT molecular complexity index is 742. The molecule has 4 nitrogen and oxygen atoms in total. The summed E-state index contributed by atoms with van der Waals surface area (Å²) in [6.07, 6.45) is 3.08. The number of nitrogens with one attached hydrogen (secondary N) is 1. The van der Waals surface area contributed by atoms with Crippen molar-refractivity contribution in [2.75, 3.05) is 7.11 Å². The minimum Gasteiger partial charge on any atom is -0.497 e. The quantitative estimate of drug-likeness (QED) is 0.934. The molecular formula is C14H13ClN2O2S. The van der Waals surface area contributed by atoms with Gasteiger partial charge in [0.1, 0.15) is 5.75 Å². The second-order valence-corrected chi connectivity index (χ2v) is 6.30. The highest BCUT2D eigenvalue weighted by Gasteiger charge is 2.08. The number of hydrogen-bond acceptors (Lipinski definition) is 4. The Balaban J connectivity index is 2.34. The van der Waals surface area contributed by atoms with E-state index in [0.29, 0.717) is 21.4 Å². The zero-order valence-electron chi connectivity index (χ0n) is 10.7. The van der Waals surface area contributed by atoms with E-state index in [1.807, 2.05) is 0 Å². The van der Waals surface area contributed by atoms with E-state index in [4.69, 9.17) is 21.1 Å². The molecule has 104 valence electrons. The first-order valence-electron chi connectivity index (χ1n) is 5.74. The summed E-state index contributed by atoms with van der Waals surface area (Å²) in [6, 6.07) is 10.0. The standard InChI is InChI=1S/C14H13ClN2O2S/c1-19-11-4-2-5-12(10-11)20(16,18)9-7-14-13(15)6-3-8-17-14/h2-10,16H,1H3/b9-7+. The summed E-state index contributed by atoms with van der Waals surface area (Å²) in [5.74, 6) is 0.562. The monoisotopic (exact) mass is 308 g/mol. The summed E-state index contributed by atoms with van der Waals surface area (Å²) in [5.41, 5.74) is 0.483. The Kier molecular flexibility index (Phi) is 4.42. The molecule has 0 aliphatic heterocycles. The molecule has 0 aliphatic carbocycles. The van der Waals surface area contributed by atoms with Crippen LogP contribution in [0.1, 0.15) is 5.69 Å².